The zero-order valence-corrected chi connectivity index (χ0v) is 26.4. The van der Waals surface area contributed by atoms with E-state index in [1.807, 2.05) is 4.90 Å². The van der Waals surface area contributed by atoms with Crippen LogP contribution in [0.25, 0.3) is 0 Å². The largest absolute Gasteiger partial charge is 0.497 e. The monoisotopic (exact) mass is 693 g/mol. The molecule has 49 heavy (non-hydrogen) atoms. The van der Waals surface area contributed by atoms with Crippen LogP contribution in [0.15, 0.2) is 53.8 Å². The van der Waals surface area contributed by atoms with Crippen LogP contribution in [0, 0.1) is 0 Å². The Morgan fingerprint density at radius 3 is 2.24 bits per heavy atom. The van der Waals surface area contributed by atoms with E-state index in [0.717, 1.165) is 36.1 Å². The number of rotatable bonds is 11. The molecule has 12 nitrogen and oxygen atoms in total. The van der Waals surface area contributed by atoms with E-state index in [0.29, 0.717) is 29.8 Å². The fourth-order valence-corrected chi connectivity index (χ4v) is 6.39. The highest BCUT2D eigenvalue weighted by molar-refractivity contribution is 5.50. The minimum atomic E-state index is -4.93. The van der Waals surface area contributed by atoms with Crippen molar-refractivity contribution in [3.63, 3.8) is 0 Å². The molecule has 2 fully saturated rings. The van der Waals surface area contributed by atoms with Crippen LogP contribution in [-0.4, -0.2) is 66.6 Å². The average Bonchev–Trinajstić information content (AvgIpc) is 3.63. The number of benzene rings is 1. The molecule has 2 aliphatic rings. The van der Waals surface area contributed by atoms with E-state index >= 15 is 0 Å². The number of ether oxygens (including phenoxy) is 2. The summed E-state index contributed by atoms with van der Waals surface area (Å²) in [4.78, 5) is 22.9. The van der Waals surface area contributed by atoms with E-state index in [9.17, 15) is 31.1 Å². The molecule has 3 aromatic heterocycles. The lowest BCUT2D eigenvalue weighted by Crippen LogP contribution is -2.44. The summed E-state index contributed by atoms with van der Waals surface area (Å²) < 4.78 is 94.2. The molecular weight excluding hydrogens is 660 g/mol. The summed E-state index contributed by atoms with van der Waals surface area (Å²) in [6.07, 6.45) is -2.02. The third-order valence-electron chi connectivity index (χ3n) is 8.67. The third-order valence-corrected chi connectivity index (χ3v) is 8.67. The van der Waals surface area contributed by atoms with Crippen LogP contribution in [0.2, 0.25) is 0 Å². The van der Waals surface area contributed by atoms with E-state index in [1.165, 1.54) is 7.11 Å². The number of halogens is 6. The highest BCUT2D eigenvalue weighted by Crippen LogP contribution is 2.42. The van der Waals surface area contributed by atoms with Crippen molar-refractivity contribution in [2.75, 3.05) is 23.9 Å². The first-order valence-electron chi connectivity index (χ1n) is 15.5. The second-order valence-electron chi connectivity index (χ2n) is 12.2. The topological polar surface area (TPSA) is 125 Å². The molecule has 0 amide bonds. The Balaban J connectivity index is 1.03. The van der Waals surface area contributed by atoms with Crippen molar-refractivity contribution in [1.29, 1.82) is 0 Å². The van der Waals surface area contributed by atoms with Crippen molar-refractivity contribution >= 4 is 11.6 Å². The third kappa shape index (κ3) is 7.63. The van der Waals surface area contributed by atoms with Gasteiger partial charge in [0.1, 0.15) is 17.0 Å². The van der Waals surface area contributed by atoms with Gasteiger partial charge in [-0.25, -0.2) is 19.3 Å². The van der Waals surface area contributed by atoms with Crippen molar-refractivity contribution in [2.24, 2.45) is 0 Å². The molecule has 2 aliphatic heterocycles. The second-order valence-corrected chi connectivity index (χ2v) is 12.2. The quantitative estimate of drug-likeness (QED) is 0.212. The molecule has 4 aromatic rings. The van der Waals surface area contributed by atoms with E-state index < -0.39 is 40.8 Å². The molecule has 1 aromatic carbocycles. The number of methoxy groups -OCH3 is 1. The molecule has 6 rings (SSSR count). The maximum Gasteiger partial charge on any atom is 0.423 e. The highest BCUT2D eigenvalue weighted by Gasteiger charge is 2.43. The van der Waals surface area contributed by atoms with Crippen molar-refractivity contribution in [2.45, 2.75) is 82.3 Å². The van der Waals surface area contributed by atoms with Crippen molar-refractivity contribution in [3.8, 4) is 5.75 Å². The second kappa shape index (κ2) is 13.6. The van der Waals surface area contributed by atoms with Crippen LogP contribution in [-0.2, 0) is 30.2 Å². The van der Waals surface area contributed by atoms with E-state index in [1.54, 1.807) is 42.1 Å². The average molecular weight is 694 g/mol. The zero-order chi connectivity index (χ0) is 34.9. The first kappa shape index (κ1) is 34.1. The van der Waals surface area contributed by atoms with Crippen LogP contribution in [0.5, 0.6) is 5.75 Å². The lowest BCUT2D eigenvalue weighted by Gasteiger charge is -2.38. The summed E-state index contributed by atoms with van der Waals surface area (Å²) in [5.74, 6) is 0.850. The maximum atomic E-state index is 14.0. The van der Waals surface area contributed by atoms with Gasteiger partial charge in [0.2, 0.25) is 5.95 Å². The molecule has 0 radical (unpaired) electrons. The van der Waals surface area contributed by atoms with Crippen LogP contribution in [0.4, 0.5) is 38.0 Å². The predicted molar refractivity (Wildman–Crippen MR) is 163 cm³/mol. The lowest BCUT2D eigenvalue weighted by atomic mass is 9.98. The molecule has 2 bridgehead atoms. The Bertz CT molecular complexity index is 1780. The number of hydrogen-bond acceptors (Lipinski definition) is 10. The summed E-state index contributed by atoms with van der Waals surface area (Å²) in [6.45, 7) is 1.50. The van der Waals surface area contributed by atoms with Gasteiger partial charge in [-0.05, 0) is 50.3 Å². The van der Waals surface area contributed by atoms with Gasteiger partial charge in [-0.3, -0.25) is 4.79 Å². The number of piperidine rings is 1. The van der Waals surface area contributed by atoms with Gasteiger partial charge in [0.25, 0.3) is 5.56 Å². The summed E-state index contributed by atoms with van der Waals surface area (Å²) in [6, 6.07) is 6.02. The normalized spacial score (nSPS) is 20.0. The molecule has 1 N–H and O–H groups in total. The predicted octanol–water partition coefficient (Wildman–Crippen LogP) is 5.11. The van der Waals surface area contributed by atoms with E-state index in [-0.39, 0.29) is 43.8 Å². The van der Waals surface area contributed by atoms with Crippen LogP contribution in [0.1, 0.15) is 61.0 Å². The van der Waals surface area contributed by atoms with Gasteiger partial charge in [0, 0.05) is 30.5 Å². The lowest BCUT2D eigenvalue weighted by molar-refractivity contribution is -0.139. The Morgan fingerprint density at radius 1 is 0.959 bits per heavy atom. The molecule has 5 heterocycles. The maximum absolute atomic E-state index is 14.0. The number of hydrogen-bond donors (Lipinski definition) is 1. The SMILES string of the molecule is COc1ccc(Cn2ncc(NC(C)COCc3cn(C4CC5CCC(C4)N5c4ncc(C(F)(F)F)cn4)nn3)c(C(F)(F)F)c2=O)cc1. The molecule has 262 valence electrons. The first-order valence-corrected chi connectivity index (χ1v) is 15.5. The molecule has 0 saturated carbocycles. The first-order chi connectivity index (χ1) is 23.3. The smallest absolute Gasteiger partial charge is 0.423 e. The molecule has 0 aliphatic carbocycles. The van der Waals surface area contributed by atoms with Gasteiger partial charge in [-0.2, -0.15) is 31.4 Å². The van der Waals surface area contributed by atoms with E-state index in [2.05, 4.69) is 30.7 Å². The number of aromatic nitrogens is 7. The highest BCUT2D eigenvalue weighted by atomic mass is 19.4. The number of nitrogens with one attached hydrogen (secondary N) is 1. The van der Waals surface area contributed by atoms with Crippen molar-refractivity contribution < 1.29 is 35.8 Å². The summed E-state index contributed by atoms with van der Waals surface area (Å²) in [5.41, 5.74) is -2.87. The number of alkyl halides is 6. The molecule has 3 unspecified atom stereocenters. The Hall–Kier alpha value is -4.74. The standard InChI is InChI=1S/C31H33F6N9O3/c1-18(41-26-13-40-45(28(47)27(26)31(35,36)37)14-19-3-7-25(48-2)8-4-19)16-49-17-21-15-44(43-42-21)24-9-22-5-6-23(10-24)46(22)29-38-11-20(12-39-29)30(32,33)34/h3-4,7-8,11-13,15,18,22-24,41H,5-6,9-10,14,16-17H2,1-2H3. The van der Waals surface area contributed by atoms with Gasteiger partial charge in [0.05, 0.1) is 56.6 Å². The van der Waals surface area contributed by atoms with Gasteiger partial charge < -0.3 is 19.7 Å². The Morgan fingerprint density at radius 2 is 1.63 bits per heavy atom. The van der Waals surface area contributed by atoms with Gasteiger partial charge >= 0.3 is 12.4 Å². The number of nitrogens with zero attached hydrogens (tertiary/aromatic N) is 8. The number of anilines is 2. The number of fused-ring (bicyclic) bond motifs is 2. The molecular formula is C31H33F6N9O3. The van der Waals surface area contributed by atoms with Gasteiger partial charge in [-0.1, -0.05) is 17.3 Å². The van der Waals surface area contributed by atoms with Crippen molar-refractivity contribution in [1.82, 2.24) is 34.7 Å². The summed E-state index contributed by atoms with van der Waals surface area (Å²) in [5, 5.41) is 15.1. The van der Waals surface area contributed by atoms with Gasteiger partial charge in [0.15, 0.2) is 0 Å². The molecule has 0 spiro atoms. The van der Waals surface area contributed by atoms with Crippen LogP contribution < -0.4 is 20.5 Å². The minimum absolute atomic E-state index is 0.00479. The van der Waals surface area contributed by atoms with Crippen LogP contribution in [0.3, 0.4) is 0 Å². The fourth-order valence-electron chi connectivity index (χ4n) is 6.39. The van der Waals surface area contributed by atoms with Gasteiger partial charge in [-0.15, -0.1) is 5.10 Å². The summed E-state index contributed by atoms with van der Waals surface area (Å²) in [7, 11) is 1.49. The molecule has 18 heteroatoms. The van der Waals surface area contributed by atoms with E-state index in [4.69, 9.17) is 9.47 Å². The fraction of sp³-hybridized carbons (Fsp3) is 0.484. The van der Waals surface area contributed by atoms with Crippen LogP contribution >= 0.6 is 0 Å². The minimum Gasteiger partial charge on any atom is -0.497 e. The zero-order valence-electron chi connectivity index (χ0n) is 26.4. The Kier molecular flexibility index (Phi) is 9.50. The molecule has 2 saturated heterocycles. The van der Waals surface area contributed by atoms with Crippen molar-refractivity contribution in [3.05, 3.63) is 81.8 Å². The molecule has 3 atom stereocenters. The Labute approximate surface area is 276 Å². The summed E-state index contributed by atoms with van der Waals surface area (Å²) >= 11 is 0.